The van der Waals surface area contributed by atoms with E-state index in [0.717, 1.165) is 9.99 Å². The largest absolute Gasteiger partial charge is 0.481 e. The zero-order valence-electron chi connectivity index (χ0n) is 10.0. The van der Waals surface area contributed by atoms with Gasteiger partial charge >= 0.3 is 5.97 Å². The number of nitro benzene ring substituents is 1. The summed E-state index contributed by atoms with van der Waals surface area (Å²) in [6.45, 7) is 0. The van der Waals surface area contributed by atoms with Crippen LogP contribution in [0.4, 0.5) is 11.4 Å². The number of carboxylic acid groups (broad SMARTS) is 1. The van der Waals surface area contributed by atoms with Gasteiger partial charge in [-0.1, -0.05) is 0 Å². The molecule has 1 aromatic rings. The van der Waals surface area contributed by atoms with Gasteiger partial charge in [0.1, 0.15) is 5.69 Å². The van der Waals surface area contributed by atoms with E-state index in [9.17, 15) is 14.9 Å². The fourth-order valence-electron chi connectivity index (χ4n) is 2.33. The lowest BCUT2D eigenvalue weighted by molar-refractivity contribution is -0.384. The molecule has 1 fully saturated rings. The van der Waals surface area contributed by atoms with Crippen molar-refractivity contribution in [1.29, 1.82) is 0 Å². The molecule has 0 spiro atoms. The Labute approximate surface area is 123 Å². The van der Waals surface area contributed by atoms with Crippen molar-refractivity contribution in [2.24, 2.45) is 5.92 Å². The number of nitrogens with one attached hydrogen (secondary N) is 1. The maximum Gasteiger partial charge on any atom is 0.306 e. The molecule has 2 N–H and O–H groups in total. The molecule has 1 saturated carbocycles. The first-order chi connectivity index (χ1) is 8.97. The number of hydrogen-bond donors (Lipinski definition) is 2. The summed E-state index contributed by atoms with van der Waals surface area (Å²) < 4.78 is 0.796. The summed E-state index contributed by atoms with van der Waals surface area (Å²) in [4.78, 5) is 21.4. The quantitative estimate of drug-likeness (QED) is 0.479. The molecule has 0 amide bonds. The molecular weight excluding hydrogens is 363 g/mol. The zero-order valence-corrected chi connectivity index (χ0v) is 12.2. The Balaban J connectivity index is 2.12. The van der Waals surface area contributed by atoms with Gasteiger partial charge in [-0.15, -0.1) is 0 Å². The van der Waals surface area contributed by atoms with E-state index >= 15 is 0 Å². The van der Waals surface area contributed by atoms with Gasteiger partial charge in [0, 0.05) is 15.7 Å². The summed E-state index contributed by atoms with van der Waals surface area (Å²) in [7, 11) is 0. The minimum Gasteiger partial charge on any atom is -0.481 e. The Hall–Kier alpha value is -1.38. The summed E-state index contributed by atoms with van der Waals surface area (Å²) in [5.41, 5.74) is 0.493. The van der Waals surface area contributed by atoms with Crippen LogP contribution in [0, 0.1) is 19.6 Å². The van der Waals surface area contributed by atoms with Crippen molar-refractivity contribution in [2.75, 3.05) is 5.32 Å². The van der Waals surface area contributed by atoms with Crippen LogP contribution in [0.5, 0.6) is 0 Å². The first kappa shape index (κ1) is 14.0. The number of hydrogen-bond acceptors (Lipinski definition) is 4. The van der Waals surface area contributed by atoms with Crippen LogP contribution in [-0.4, -0.2) is 22.0 Å². The summed E-state index contributed by atoms with van der Waals surface area (Å²) >= 11 is 2.02. The first-order valence-corrected chi connectivity index (χ1v) is 6.98. The van der Waals surface area contributed by atoms with E-state index in [2.05, 4.69) is 5.32 Å². The molecule has 2 rings (SSSR count). The second-order valence-corrected chi connectivity index (χ2v) is 5.85. The third-order valence-corrected chi connectivity index (χ3v) is 3.97. The average Bonchev–Trinajstić information content (AvgIpc) is 2.80. The van der Waals surface area contributed by atoms with Crippen LogP contribution < -0.4 is 5.32 Å². The summed E-state index contributed by atoms with van der Waals surface area (Å²) in [5, 5.41) is 23.0. The maximum atomic E-state index is 11.0. The molecule has 0 heterocycles. The second kappa shape index (κ2) is 5.72. The molecular formula is C12H13IN2O4. The molecule has 0 bridgehead atoms. The Morgan fingerprint density at radius 3 is 2.79 bits per heavy atom. The van der Waals surface area contributed by atoms with Gasteiger partial charge in [0.05, 0.1) is 10.8 Å². The molecule has 0 aliphatic heterocycles. The summed E-state index contributed by atoms with van der Waals surface area (Å²) in [5.74, 6) is -1.14. The van der Waals surface area contributed by atoms with Crippen molar-refractivity contribution in [1.82, 2.24) is 0 Å². The average molecular weight is 376 g/mol. The lowest BCUT2D eigenvalue weighted by atomic mass is 10.1. The number of aliphatic carboxylic acids is 1. The van der Waals surface area contributed by atoms with Crippen molar-refractivity contribution in [2.45, 2.75) is 25.3 Å². The van der Waals surface area contributed by atoms with Crippen molar-refractivity contribution in [3.8, 4) is 0 Å². The van der Waals surface area contributed by atoms with E-state index in [4.69, 9.17) is 5.11 Å². The first-order valence-electron chi connectivity index (χ1n) is 5.90. The van der Waals surface area contributed by atoms with Gasteiger partial charge in [0.25, 0.3) is 5.69 Å². The standard InChI is InChI=1S/C12H13IN2O4/c13-8-2-4-10(11(6-8)15(18)19)14-9-3-1-7(5-9)12(16)17/h2,4,6-7,9,14H,1,3,5H2,(H,16,17). The topological polar surface area (TPSA) is 92.5 Å². The number of nitro groups is 1. The lowest BCUT2D eigenvalue weighted by Gasteiger charge is -2.14. The molecule has 102 valence electrons. The smallest absolute Gasteiger partial charge is 0.306 e. The van der Waals surface area contributed by atoms with Gasteiger partial charge < -0.3 is 10.4 Å². The Morgan fingerprint density at radius 2 is 2.21 bits per heavy atom. The Bertz CT molecular complexity index is 520. The molecule has 6 nitrogen and oxygen atoms in total. The van der Waals surface area contributed by atoms with Crippen molar-refractivity contribution < 1.29 is 14.8 Å². The molecule has 1 aliphatic carbocycles. The van der Waals surface area contributed by atoms with Gasteiger partial charge in [-0.3, -0.25) is 14.9 Å². The van der Waals surface area contributed by atoms with Crippen LogP contribution in [0.15, 0.2) is 18.2 Å². The Morgan fingerprint density at radius 1 is 1.47 bits per heavy atom. The van der Waals surface area contributed by atoms with Gasteiger partial charge in [0.15, 0.2) is 0 Å². The molecule has 2 unspecified atom stereocenters. The number of anilines is 1. The van der Waals surface area contributed by atoms with E-state index in [1.807, 2.05) is 22.6 Å². The van der Waals surface area contributed by atoms with E-state index in [1.165, 1.54) is 6.07 Å². The number of carbonyl (C=O) groups is 1. The van der Waals surface area contributed by atoms with Crippen molar-refractivity contribution >= 4 is 39.9 Å². The molecule has 0 radical (unpaired) electrons. The third kappa shape index (κ3) is 3.34. The van der Waals surface area contributed by atoms with E-state index in [0.29, 0.717) is 18.5 Å². The van der Waals surface area contributed by atoms with Gasteiger partial charge in [-0.05, 0) is 54.0 Å². The van der Waals surface area contributed by atoms with Gasteiger partial charge in [-0.2, -0.15) is 0 Å². The maximum absolute atomic E-state index is 11.0. The lowest BCUT2D eigenvalue weighted by Crippen LogP contribution is -2.18. The van der Waals surface area contributed by atoms with Crippen LogP contribution in [0.25, 0.3) is 0 Å². The molecule has 0 aromatic heterocycles. The predicted octanol–water partition coefficient (Wildman–Crippen LogP) is 2.86. The number of carboxylic acids is 1. The number of nitrogens with zero attached hydrogens (tertiary/aromatic N) is 1. The highest BCUT2D eigenvalue weighted by Gasteiger charge is 2.30. The normalized spacial score (nSPS) is 22.2. The Kier molecular flexibility index (Phi) is 4.23. The van der Waals surface area contributed by atoms with Crippen LogP contribution in [0.3, 0.4) is 0 Å². The summed E-state index contributed by atoms with van der Waals surface area (Å²) in [6, 6.07) is 4.96. The van der Waals surface area contributed by atoms with Crippen LogP contribution in [0.1, 0.15) is 19.3 Å². The molecule has 1 aromatic carbocycles. The van der Waals surface area contributed by atoms with Crippen molar-refractivity contribution in [3.63, 3.8) is 0 Å². The highest BCUT2D eigenvalue weighted by Crippen LogP contribution is 2.32. The third-order valence-electron chi connectivity index (χ3n) is 3.30. The molecule has 1 aliphatic rings. The van der Waals surface area contributed by atoms with Gasteiger partial charge in [-0.25, -0.2) is 0 Å². The minimum absolute atomic E-state index is 0.0140. The van der Waals surface area contributed by atoms with Crippen LogP contribution in [-0.2, 0) is 4.79 Å². The monoisotopic (exact) mass is 376 g/mol. The zero-order chi connectivity index (χ0) is 14.0. The minimum atomic E-state index is -0.790. The number of rotatable bonds is 4. The van der Waals surface area contributed by atoms with E-state index < -0.39 is 10.9 Å². The number of benzene rings is 1. The molecule has 2 atom stereocenters. The fourth-order valence-corrected chi connectivity index (χ4v) is 2.81. The summed E-state index contributed by atoms with van der Waals surface area (Å²) in [6.07, 6.45) is 1.85. The van der Waals surface area contributed by atoms with Crippen molar-refractivity contribution in [3.05, 3.63) is 31.9 Å². The second-order valence-electron chi connectivity index (χ2n) is 4.61. The van der Waals surface area contributed by atoms with Crippen LogP contribution in [0.2, 0.25) is 0 Å². The SMILES string of the molecule is O=C(O)C1CCC(Nc2ccc(I)cc2[N+](=O)[O-])C1. The molecule has 19 heavy (non-hydrogen) atoms. The predicted molar refractivity (Wildman–Crippen MR) is 78.2 cm³/mol. The van der Waals surface area contributed by atoms with E-state index in [1.54, 1.807) is 12.1 Å². The van der Waals surface area contributed by atoms with Crippen LogP contribution >= 0.6 is 22.6 Å². The highest BCUT2D eigenvalue weighted by atomic mass is 127. The van der Waals surface area contributed by atoms with Gasteiger partial charge in [0.2, 0.25) is 0 Å². The fraction of sp³-hybridized carbons (Fsp3) is 0.417. The molecule has 0 saturated heterocycles. The highest BCUT2D eigenvalue weighted by molar-refractivity contribution is 14.1. The van der Waals surface area contributed by atoms with E-state index in [-0.39, 0.29) is 17.6 Å². The molecule has 7 heteroatoms. The number of halogens is 1.